The number of nitrogens with zero attached hydrogens (tertiary/aromatic N) is 2. The number of anilines is 1. The van der Waals surface area contributed by atoms with Gasteiger partial charge in [0, 0.05) is 34.8 Å². The summed E-state index contributed by atoms with van der Waals surface area (Å²) in [7, 11) is 1.65. The van der Waals surface area contributed by atoms with Crippen LogP contribution in [0.15, 0.2) is 104 Å². The minimum Gasteiger partial charge on any atom is -0.495 e. The van der Waals surface area contributed by atoms with E-state index in [1.54, 1.807) is 19.5 Å². The number of pyridine rings is 2. The third-order valence-corrected chi connectivity index (χ3v) is 6.81. The quantitative estimate of drug-likeness (QED) is 0.259. The summed E-state index contributed by atoms with van der Waals surface area (Å²) in [5, 5.41) is 3.54. The average molecular weight is 480 g/mol. The first-order chi connectivity index (χ1) is 17.4. The molecule has 0 saturated carbocycles. The Labute approximate surface area is 213 Å². The van der Waals surface area contributed by atoms with Gasteiger partial charge in [-0.05, 0) is 66.4 Å². The molecule has 0 spiro atoms. The molecule has 2 aromatic carbocycles. The monoisotopic (exact) mass is 479 g/mol. The first kappa shape index (κ1) is 25.0. The maximum atomic E-state index is 5.86. The van der Waals surface area contributed by atoms with Crippen LogP contribution in [-0.4, -0.2) is 17.1 Å². The molecule has 0 aliphatic heterocycles. The zero-order chi connectivity index (χ0) is 25.5. The predicted molar refractivity (Wildman–Crippen MR) is 146 cm³/mol. The van der Waals surface area contributed by atoms with Crippen LogP contribution in [0, 0.1) is 5.92 Å². The zero-order valence-electron chi connectivity index (χ0n) is 21.4. The van der Waals surface area contributed by atoms with Gasteiger partial charge in [-0.15, -0.1) is 0 Å². The van der Waals surface area contributed by atoms with Crippen molar-refractivity contribution in [2.24, 2.45) is 5.92 Å². The Kier molecular flexibility index (Phi) is 7.69. The van der Waals surface area contributed by atoms with E-state index in [-0.39, 0.29) is 5.41 Å². The highest BCUT2D eigenvalue weighted by molar-refractivity contribution is 5.65. The molecule has 0 saturated heterocycles. The summed E-state index contributed by atoms with van der Waals surface area (Å²) in [5.74, 6) is 1.86. The molecule has 2 aromatic heterocycles. The number of hydrogen-bond acceptors (Lipinski definition) is 5. The zero-order valence-corrected chi connectivity index (χ0v) is 21.4. The van der Waals surface area contributed by atoms with Gasteiger partial charge in [-0.25, -0.2) is 0 Å². The summed E-state index contributed by atoms with van der Waals surface area (Å²) >= 11 is 0. The number of benzene rings is 2. The summed E-state index contributed by atoms with van der Waals surface area (Å²) in [6.45, 7) is 11.6. The lowest BCUT2D eigenvalue weighted by molar-refractivity contribution is 0.301. The van der Waals surface area contributed by atoms with E-state index in [0.717, 1.165) is 39.7 Å². The highest BCUT2D eigenvalue weighted by atomic mass is 16.5. The molecule has 2 heterocycles. The molecule has 1 N–H and O–H groups in total. The Morgan fingerprint density at radius 2 is 1.69 bits per heavy atom. The molecule has 4 rings (SSSR count). The van der Waals surface area contributed by atoms with Gasteiger partial charge in [0.2, 0.25) is 0 Å². The second kappa shape index (κ2) is 11.1. The van der Waals surface area contributed by atoms with Gasteiger partial charge in [0.15, 0.2) is 0 Å². The van der Waals surface area contributed by atoms with E-state index in [0.29, 0.717) is 12.5 Å². The van der Waals surface area contributed by atoms with Gasteiger partial charge in [-0.2, -0.15) is 0 Å². The Bertz CT molecular complexity index is 1290. The Morgan fingerprint density at radius 3 is 2.33 bits per heavy atom. The second-order valence-corrected chi connectivity index (χ2v) is 9.29. The van der Waals surface area contributed by atoms with Gasteiger partial charge in [-0.3, -0.25) is 9.97 Å². The molecule has 36 heavy (non-hydrogen) atoms. The smallest absolute Gasteiger partial charge is 0.137 e. The maximum Gasteiger partial charge on any atom is 0.137 e. The van der Waals surface area contributed by atoms with E-state index in [2.05, 4.69) is 66.9 Å². The van der Waals surface area contributed by atoms with Crippen molar-refractivity contribution in [1.29, 1.82) is 0 Å². The minimum absolute atomic E-state index is 0.278. The normalized spacial score (nSPS) is 12.6. The third-order valence-electron chi connectivity index (χ3n) is 6.81. The van der Waals surface area contributed by atoms with Crippen molar-refractivity contribution in [3.8, 4) is 22.6 Å². The molecule has 184 valence electrons. The van der Waals surface area contributed by atoms with Gasteiger partial charge < -0.3 is 14.8 Å². The highest BCUT2D eigenvalue weighted by Gasteiger charge is 2.34. The average Bonchev–Trinajstić information content (AvgIpc) is 2.92. The van der Waals surface area contributed by atoms with Crippen LogP contribution in [0.2, 0.25) is 0 Å². The molecule has 4 aromatic rings. The minimum atomic E-state index is -0.278. The number of ether oxygens (including phenoxy) is 2. The topological polar surface area (TPSA) is 56.3 Å². The van der Waals surface area contributed by atoms with Crippen molar-refractivity contribution < 1.29 is 9.47 Å². The number of allylic oxidation sites excluding steroid dienone is 1. The van der Waals surface area contributed by atoms with Gasteiger partial charge in [0.1, 0.15) is 18.1 Å². The van der Waals surface area contributed by atoms with Crippen molar-refractivity contribution in [2.45, 2.75) is 32.8 Å². The van der Waals surface area contributed by atoms with Gasteiger partial charge in [-0.1, -0.05) is 50.8 Å². The Hall–Kier alpha value is -4.12. The first-order valence-electron chi connectivity index (χ1n) is 12.1. The molecular formula is C31H33N3O2. The van der Waals surface area contributed by atoms with Crippen LogP contribution in [0.25, 0.3) is 11.1 Å². The molecular weight excluding hydrogens is 446 g/mol. The fourth-order valence-electron chi connectivity index (χ4n) is 4.13. The SMILES string of the molecule is C=C(Nc1ccc(OCc2ccccn2)cc1)C(C)(c1ccc(-c2cncc(OC)c2)cc1)C(C)C. The van der Waals surface area contributed by atoms with Crippen LogP contribution in [0.1, 0.15) is 32.0 Å². The summed E-state index contributed by atoms with van der Waals surface area (Å²) < 4.78 is 11.2. The molecule has 0 fully saturated rings. The van der Waals surface area contributed by atoms with E-state index in [4.69, 9.17) is 9.47 Å². The summed E-state index contributed by atoms with van der Waals surface area (Å²) in [4.78, 5) is 8.57. The Balaban J connectivity index is 1.47. The lowest BCUT2D eigenvalue weighted by Gasteiger charge is -2.37. The van der Waals surface area contributed by atoms with Crippen molar-refractivity contribution >= 4 is 5.69 Å². The molecule has 0 radical (unpaired) electrons. The van der Waals surface area contributed by atoms with Crippen LogP contribution < -0.4 is 14.8 Å². The summed E-state index contributed by atoms with van der Waals surface area (Å²) in [6, 6.07) is 24.4. The molecule has 0 aliphatic carbocycles. The van der Waals surface area contributed by atoms with E-state index >= 15 is 0 Å². The van der Waals surface area contributed by atoms with Crippen molar-refractivity contribution in [3.63, 3.8) is 0 Å². The van der Waals surface area contributed by atoms with Crippen LogP contribution >= 0.6 is 0 Å². The van der Waals surface area contributed by atoms with E-state index in [1.807, 2.05) is 54.7 Å². The third kappa shape index (κ3) is 5.57. The van der Waals surface area contributed by atoms with Gasteiger partial charge in [0.05, 0.1) is 19.0 Å². The second-order valence-electron chi connectivity index (χ2n) is 9.29. The van der Waals surface area contributed by atoms with E-state index in [9.17, 15) is 0 Å². The van der Waals surface area contributed by atoms with E-state index in [1.165, 1.54) is 5.56 Å². The van der Waals surface area contributed by atoms with Crippen molar-refractivity contribution in [3.05, 3.63) is 115 Å². The van der Waals surface area contributed by atoms with Crippen LogP contribution in [0.5, 0.6) is 11.5 Å². The molecule has 0 aliphatic rings. The lowest BCUT2D eigenvalue weighted by Crippen LogP contribution is -2.34. The van der Waals surface area contributed by atoms with Crippen molar-refractivity contribution in [2.75, 3.05) is 12.4 Å². The standard InChI is InChI=1S/C31H33N3O2/c1-22(2)31(4,26-11-9-24(10-12-26)25-18-30(35-5)20-32-19-25)23(3)34-27-13-15-29(16-14-27)36-21-28-8-6-7-17-33-28/h6-20,22,34H,3,21H2,1-2,4-5H3. The lowest BCUT2D eigenvalue weighted by atomic mass is 9.71. The number of rotatable bonds is 10. The number of methoxy groups -OCH3 is 1. The fraction of sp³-hybridized carbons (Fsp3) is 0.226. The van der Waals surface area contributed by atoms with Gasteiger partial charge in [0.25, 0.3) is 0 Å². The van der Waals surface area contributed by atoms with E-state index < -0.39 is 0 Å². The highest BCUT2D eigenvalue weighted by Crippen LogP contribution is 2.39. The summed E-state index contributed by atoms with van der Waals surface area (Å²) in [5.41, 5.74) is 5.84. The maximum absolute atomic E-state index is 5.86. The molecule has 5 nitrogen and oxygen atoms in total. The molecule has 0 bridgehead atoms. The van der Waals surface area contributed by atoms with Crippen LogP contribution in [0.3, 0.4) is 0 Å². The first-order valence-corrected chi connectivity index (χ1v) is 12.1. The van der Waals surface area contributed by atoms with Crippen LogP contribution in [0.4, 0.5) is 5.69 Å². The molecule has 0 amide bonds. The van der Waals surface area contributed by atoms with Crippen LogP contribution in [-0.2, 0) is 12.0 Å². The Morgan fingerprint density at radius 1 is 0.944 bits per heavy atom. The van der Waals surface area contributed by atoms with Gasteiger partial charge >= 0.3 is 0 Å². The summed E-state index contributed by atoms with van der Waals surface area (Å²) in [6.07, 6.45) is 5.33. The predicted octanol–water partition coefficient (Wildman–Crippen LogP) is 7.27. The number of aromatic nitrogens is 2. The fourth-order valence-corrected chi connectivity index (χ4v) is 4.13. The largest absolute Gasteiger partial charge is 0.495 e. The van der Waals surface area contributed by atoms with Crippen molar-refractivity contribution in [1.82, 2.24) is 9.97 Å². The number of nitrogens with one attached hydrogen (secondary N) is 1. The molecule has 1 unspecified atom stereocenters. The molecule has 5 heteroatoms. The molecule has 1 atom stereocenters. The number of hydrogen-bond donors (Lipinski definition) is 1.